The van der Waals surface area contributed by atoms with Gasteiger partial charge < -0.3 is 33.8 Å². The molecule has 3 unspecified atom stereocenters. The lowest BCUT2D eigenvalue weighted by Crippen LogP contribution is -2.30. The van der Waals surface area contributed by atoms with Crippen molar-refractivity contribution in [1.82, 2.24) is 0 Å². The van der Waals surface area contributed by atoms with Crippen LogP contribution in [0.15, 0.2) is 0 Å². The van der Waals surface area contributed by atoms with Crippen LogP contribution in [0.3, 0.4) is 0 Å². The highest BCUT2D eigenvalue weighted by molar-refractivity contribution is 7.47. The minimum absolute atomic E-state index is 0.106. The van der Waals surface area contributed by atoms with E-state index in [4.69, 9.17) is 37.0 Å². The van der Waals surface area contributed by atoms with Crippen LogP contribution in [0.4, 0.5) is 0 Å². The fraction of sp³-hybridized carbons (Fsp3) is 0.955. The van der Waals surface area contributed by atoms with Gasteiger partial charge in [-0.25, -0.2) is 9.13 Å². The lowest BCUT2D eigenvalue weighted by Gasteiger charge is -2.21. The molecule has 3 N–H and O–H groups in total. The van der Waals surface area contributed by atoms with E-state index in [-0.39, 0.29) is 25.7 Å². The van der Waals surface area contributed by atoms with Gasteiger partial charge in [0.05, 0.1) is 26.4 Å². The monoisotopic (exact) mass is 1580 g/mol. The zero-order valence-corrected chi connectivity index (χ0v) is 73.1. The summed E-state index contributed by atoms with van der Waals surface area (Å²) in [7, 11) is -9.93. The van der Waals surface area contributed by atoms with Crippen molar-refractivity contribution in [1.29, 1.82) is 0 Å². The Morgan fingerprint density at radius 3 is 0.704 bits per heavy atom. The highest BCUT2D eigenvalue weighted by Crippen LogP contribution is 2.45. The van der Waals surface area contributed by atoms with Crippen LogP contribution in [-0.4, -0.2) is 96.7 Å². The summed E-state index contributed by atoms with van der Waals surface area (Å²) in [5, 5.41) is 10.7. The highest BCUT2D eigenvalue weighted by atomic mass is 31.2. The molecule has 19 heteroatoms. The first-order chi connectivity index (χ1) is 52.3. The Hall–Kier alpha value is -1.94. The Bertz CT molecular complexity index is 2080. The van der Waals surface area contributed by atoms with Crippen LogP contribution in [-0.2, 0) is 65.4 Å². The molecule has 0 aliphatic rings. The number of hydrogen-bond donors (Lipinski definition) is 3. The molecule has 0 fully saturated rings. The first kappa shape index (κ1) is 106. The van der Waals surface area contributed by atoms with Crippen LogP contribution in [0.2, 0.25) is 0 Å². The Kier molecular flexibility index (Phi) is 77.5. The zero-order chi connectivity index (χ0) is 79.3. The number of ether oxygens (including phenoxy) is 4. The summed E-state index contributed by atoms with van der Waals surface area (Å²) in [5.74, 6) is 0.226. The molecule has 0 aliphatic carbocycles. The van der Waals surface area contributed by atoms with Crippen LogP contribution in [0.25, 0.3) is 0 Å². The number of aliphatic hydroxyl groups excluding tert-OH is 1. The molecule has 108 heavy (non-hydrogen) atoms. The van der Waals surface area contributed by atoms with Crippen molar-refractivity contribution in [3.05, 3.63) is 0 Å². The first-order valence-corrected chi connectivity index (χ1v) is 48.9. The van der Waals surface area contributed by atoms with Gasteiger partial charge in [0.15, 0.2) is 12.2 Å². The molecule has 0 aromatic carbocycles. The van der Waals surface area contributed by atoms with Crippen molar-refractivity contribution in [3.63, 3.8) is 0 Å². The number of aliphatic hydroxyl groups is 1. The topological polar surface area (TPSA) is 237 Å². The van der Waals surface area contributed by atoms with E-state index < -0.39 is 97.5 Å². The maximum atomic E-state index is 13.2. The van der Waals surface area contributed by atoms with Crippen LogP contribution >= 0.6 is 15.6 Å². The second kappa shape index (κ2) is 78.9. The summed E-state index contributed by atoms with van der Waals surface area (Å²) in [6.07, 6.45) is 71.1. The number of carbonyl (C=O) groups is 4. The maximum absolute atomic E-state index is 13.2. The SMILES string of the molecule is CCCCCCCCCCCCCCCCCCCCCCCCC(=O)O[C@H](COC(=O)CCCCCCCCCCCCCCCCCCCCC(C)C)COP(=O)(O)OC[C@@H](O)COP(=O)(O)OC[C@@H](COC(=O)CCCCCCCCC(C)CC)OC(=O)CCCCCCCCCCCCCCC(C)C. The third kappa shape index (κ3) is 80.7. The lowest BCUT2D eigenvalue weighted by atomic mass is 10.00. The number of phosphoric acid groups is 2. The Balaban J connectivity index is 5.21. The lowest BCUT2D eigenvalue weighted by molar-refractivity contribution is -0.161. The molecular formula is C89H174O17P2. The van der Waals surface area contributed by atoms with Gasteiger partial charge in [-0.1, -0.05) is 421 Å². The molecule has 0 aromatic heterocycles. The predicted octanol–water partition coefficient (Wildman–Crippen LogP) is 27.3. The summed E-state index contributed by atoms with van der Waals surface area (Å²) in [4.78, 5) is 73.3. The number of carbonyl (C=O) groups excluding carboxylic acids is 4. The van der Waals surface area contributed by atoms with Crippen molar-refractivity contribution in [2.75, 3.05) is 39.6 Å². The number of rotatable bonds is 87. The molecule has 642 valence electrons. The number of esters is 4. The molecule has 6 atom stereocenters. The molecule has 0 aliphatic heterocycles. The number of unbranched alkanes of at least 4 members (excludes halogenated alkanes) is 54. The minimum Gasteiger partial charge on any atom is -0.462 e. The van der Waals surface area contributed by atoms with Crippen molar-refractivity contribution >= 4 is 39.5 Å². The first-order valence-electron chi connectivity index (χ1n) is 45.9. The van der Waals surface area contributed by atoms with Crippen LogP contribution in [0.5, 0.6) is 0 Å². The molecule has 0 rings (SSSR count). The average molecular weight is 1580 g/mol. The standard InChI is InChI=1S/C89H174O17P2/c1-8-10-11-12-13-14-15-16-17-18-19-20-21-22-27-30-33-39-44-49-58-65-72-88(93)105-84(76-99-86(91)70-63-56-48-43-38-32-29-26-24-23-25-28-31-36-41-46-53-60-67-80(3)4)78-103-107(95,96)101-74-83(90)75-102-108(97,98)104-79-85(77-100-87(92)71-64-57-52-51-55-62-69-82(7)9-2)106-89(94)73-66-59-50-45-40-35-34-37-42-47-54-61-68-81(5)6/h80-85,90H,8-79H2,1-7H3,(H,95,96)(H,97,98)/t82?,83-,84-,85-/m1/s1. The molecule has 0 spiro atoms. The quantitative estimate of drug-likeness (QED) is 0.0222. The average Bonchev–Trinajstić information content (AvgIpc) is 0.898. The van der Waals surface area contributed by atoms with E-state index in [1.54, 1.807) is 0 Å². The van der Waals surface area contributed by atoms with E-state index in [2.05, 4.69) is 48.5 Å². The molecule has 0 radical (unpaired) electrons. The van der Waals surface area contributed by atoms with Gasteiger partial charge in [-0.15, -0.1) is 0 Å². The van der Waals surface area contributed by atoms with Gasteiger partial charge >= 0.3 is 39.5 Å². The maximum Gasteiger partial charge on any atom is 0.472 e. The van der Waals surface area contributed by atoms with E-state index in [1.807, 2.05) is 0 Å². The predicted molar refractivity (Wildman–Crippen MR) is 446 cm³/mol. The Morgan fingerprint density at radius 1 is 0.269 bits per heavy atom. The van der Waals surface area contributed by atoms with Crippen LogP contribution in [0, 0.1) is 17.8 Å². The third-order valence-corrected chi connectivity index (χ3v) is 23.1. The smallest absolute Gasteiger partial charge is 0.462 e. The zero-order valence-electron chi connectivity index (χ0n) is 71.3. The molecule has 0 heterocycles. The van der Waals surface area contributed by atoms with Gasteiger partial charge in [0, 0.05) is 25.7 Å². The van der Waals surface area contributed by atoms with E-state index in [9.17, 15) is 43.2 Å². The van der Waals surface area contributed by atoms with Crippen molar-refractivity contribution in [3.8, 4) is 0 Å². The fourth-order valence-corrected chi connectivity index (χ4v) is 15.4. The van der Waals surface area contributed by atoms with E-state index >= 15 is 0 Å². The molecule has 0 amide bonds. The fourth-order valence-electron chi connectivity index (χ4n) is 13.9. The summed E-state index contributed by atoms with van der Waals surface area (Å²) in [6, 6.07) is 0. The van der Waals surface area contributed by atoms with Gasteiger partial charge in [0.2, 0.25) is 0 Å². The molecule has 0 saturated carbocycles. The minimum atomic E-state index is -4.97. The third-order valence-electron chi connectivity index (χ3n) is 21.2. The van der Waals surface area contributed by atoms with Gasteiger partial charge in [-0.3, -0.25) is 37.3 Å². The number of hydrogen-bond acceptors (Lipinski definition) is 15. The second-order valence-corrected chi connectivity index (χ2v) is 36.1. The van der Waals surface area contributed by atoms with Gasteiger partial charge in [0.25, 0.3) is 0 Å². The van der Waals surface area contributed by atoms with E-state index in [0.717, 1.165) is 114 Å². The van der Waals surface area contributed by atoms with E-state index in [1.165, 1.54) is 276 Å². The molecular weight excluding hydrogens is 1400 g/mol. The molecule has 0 saturated heterocycles. The van der Waals surface area contributed by atoms with Crippen LogP contribution < -0.4 is 0 Å². The van der Waals surface area contributed by atoms with Gasteiger partial charge in [-0.2, -0.15) is 0 Å². The molecule has 17 nitrogen and oxygen atoms in total. The van der Waals surface area contributed by atoms with Crippen LogP contribution in [0.1, 0.15) is 472 Å². The van der Waals surface area contributed by atoms with Gasteiger partial charge in [0.1, 0.15) is 19.3 Å². The normalized spacial score (nSPS) is 14.1. The van der Waals surface area contributed by atoms with Crippen molar-refractivity contribution in [2.45, 2.75) is 491 Å². The van der Waals surface area contributed by atoms with Gasteiger partial charge in [-0.05, 0) is 43.4 Å². The summed E-state index contributed by atoms with van der Waals surface area (Å²) < 4.78 is 69.0. The second-order valence-electron chi connectivity index (χ2n) is 33.2. The molecule has 0 bridgehead atoms. The largest absolute Gasteiger partial charge is 0.472 e. The Labute approximate surface area is 664 Å². The highest BCUT2D eigenvalue weighted by Gasteiger charge is 2.31. The van der Waals surface area contributed by atoms with E-state index in [0.29, 0.717) is 25.7 Å². The summed E-state index contributed by atoms with van der Waals surface area (Å²) >= 11 is 0. The van der Waals surface area contributed by atoms with Crippen molar-refractivity contribution < 1.29 is 80.2 Å². The Morgan fingerprint density at radius 2 is 0.472 bits per heavy atom. The molecule has 0 aromatic rings. The summed E-state index contributed by atoms with van der Waals surface area (Å²) in [6.45, 7) is 12.0. The summed E-state index contributed by atoms with van der Waals surface area (Å²) in [5.41, 5.74) is 0. The number of phosphoric ester groups is 2. The van der Waals surface area contributed by atoms with Crippen molar-refractivity contribution in [2.24, 2.45) is 17.8 Å².